The van der Waals surface area contributed by atoms with E-state index in [1.54, 1.807) is 0 Å². The fraction of sp³-hybridized carbons (Fsp3) is 0.176. The largest absolute Gasteiger partial charge is 0.309 e. The molecule has 6 aliphatic rings. The van der Waals surface area contributed by atoms with E-state index in [0.717, 1.165) is 139 Å². The minimum absolute atomic E-state index is 0.741. The summed E-state index contributed by atoms with van der Waals surface area (Å²) in [6.07, 6.45) is 7.67. The topological polar surface area (TPSA) is 51.2 Å². The molecule has 0 amide bonds. The van der Waals surface area contributed by atoms with Crippen LogP contribution in [-0.2, 0) is 13.7 Å². The van der Waals surface area contributed by atoms with Gasteiger partial charge >= 0.3 is 0 Å². The van der Waals surface area contributed by atoms with Crippen molar-refractivity contribution in [3.05, 3.63) is 217 Å². The Morgan fingerprint density at radius 3 is 0.737 bits per heavy atom. The molecule has 2 atom stereocenters. The van der Waals surface area contributed by atoms with E-state index in [1.165, 1.54) is 11.1 Å². The molecule has 0 bridgehead atoms. The van der Waals surface area contributed by atoms with Crippen LogP contribution >= 0.6 is 21.4 Å². The molecule has 0 aromatic heterocycles. The molecule has 0 saturated heterocycles. The van der Waals surface area contributed by atoms with E-state index >= 15 is 13.7 Å². The smallest absolute Gasteiger partial charge is 0.173 e. The molecule has 6 heteroatoms. The minimum Gasteiger partial charge on any atom is -0.309 e. The van der Waals surface area contributed by atoms with Crippen molar-refractivity contribution in [2.75, 3.05) is 0 Å². The molecule has 3 fully saturated rings. The lowest BCUT2D eigenvalue weighted by atomic mass is 10.0. The van der Waals surface area contributed by atoms with Crippen LogP contribution < -0.4 is 15.9 Å². The molecule has 0 radical (unpaired) electrons. The molecule has 11 rings (SSSR count). The van der Waals surface area contributed by atoms with Gasteiger partial charge in [-0.15, -0.1) is 0 Å². The van der Waals surface area contributed by atoms with Crippen LogP contribution in [0.4, 0.5) is 0 Å². The minimum atomic E-state index is -3.81. The van der Waals surface area contributed by atoms with Gasteiger partial charge in [0.05, 0.1) is 0 Å². The van der Waals surface area contributed by atoms with E-state index in [0.29, 0.717) is 0 Å². The van der Waals surface area contributed by atoms with Gasteiger partial charge in [-0.1, -0.05) is 152 Å². The monoisotopic (exact) mass is 796 g/mol. The molecule has 3 heterocycles. The van der Waals surface area contributed by atoms with Gasteiger partial charge in [-0.25, -0.2) is 0 Å². The highest BCUT2D eigenvalue weighted by Gasteiger charge is 2.59. The van der Waals surface area contributed by atoms with Gasteiger partial charge in [0.1, 0.15) is 0 Å². The van der Waals surface area contributed by atoms with E-state index in [-0.39, 0.29) is 0 Å². The molecule has 3 nitrogen and oxygen atoms in total. The molecule has 5 aromatic rings. The molecule has 3 saturated carbocycles. The maximum atomic E-state index is 17.7. The molecule has 57 heavy (non-hydrogen) atoms. The average Bonchev–Trinajstić information content (AvgIpc) is 4.12. The van der Waals surface area contributed by atoms with Crippen molar-refractivity contribution in [3.63, 3.8) is 0 Å². The summed E-state index contributed by atoms with van der Waals surface area (Å²) in [5, 5.41) is 7.38. The molecular weight excluding hydrogens is 753 g/mol. The molecular formula is C51H43O3P3. The first kappa shape index (κ1) is 35.4. The summed E-state index contributed by atoms with van der Waals surface area (Å²) >= 11 is 0. The fourth-order valence-corrected chi connectivity index (χ4v) is 23.2. The number of rotatable bonds is 7. The zero-order valence-corrected chi connectivity index (χ0v) is 34.5. The number of hydrogen-bond acceptors (Lipinski definition) is 3. The highest BCUT2D eigenvalue weighted by atomic mass is 31.2. The van der Waals surface area contributed by atoms with Crippen molar-refractivity contribution < 1.29 is 13.7 Å². The van der Waals surface area contributed by atoms with E-state index < -0.39 is 21.4 Å². The first-order chi connectivity index (χ1) is 28.0. The van der Waals surface area contributed by atoms with E-state index in [1.807, 2.05) is 127 Å². The van der Waals surface area contributed by atoms with Crippen LogP contribution in [0.15, 0.2) is 206 Å². The van der Waals surface area contributed by atoms with Gasteiger partial charge in [-0.2, -0.15) is 0 Å². The van der Waals surface area contributed by atoms with Gasteiger partial charge in [0.25, 0.3) is 0 Å². The van der Waals surface area contributed by atoms with Crippen molar-refractivity contribution in [1.82, 2.24) is 0 Å². The molecule has 5 aromatic carbocycles. The van der Waals surface area contributed by atoms with E-state index in [4.69, 9.17) is 0 Å². The first-order valence-corrected chi connectivity index (χ1v) is 25.6. The first-order valence-electron chi connectivity index (χ1n) is 20.5. The zero-order valence-electron chi connectivity index (χ0n) is 31.9. The fourth-order valence-electron chi connectivity index (χ4n) is 11.0. The third kappa shape index (κ3) is 4.90. The number of benzene rings is 5. The predicted molar refractivity (Wildman–Crippen MR) is 237 cm³/mol. The predicted octanol–water partition coefficient (Wildman–Crippen LogP) is 13.5. The van der Waals surface area contributed by atoms with Crippen molar-refractivity contribution in [3.8, 4) is 0 Å². The van der Waals surface area contributed by atoms with Crippen LogP contribution in [-0.4, -0.2) is 0 Å². The Labute approximate surface area is 335 Å². The van der Waals surface area contributed by atoms with Crippen LogP contribution in [0, 0.1) is 0 Å². The van der Waals surface area contributed by atoms with Crippen LogP contribution in [0.1, 0.15) is 68.9 Å². The summed E-state index contributed by atoms with van der Waals surface area (Å²) in [7, 11) is -10.9. The lowest BCUT2D eigenvalue weighted by Gasteiger charge is -2.31. The summed E-state index contributed by atoms with van der Waals surface area (Å²) in [6.45, 7) is 0. The van der Waals surface area contributed by atoms with Gasteiger partial charge in [-0.05, 0) is 102 Å². The SMILES string of the molecule is O=P1(c2ccccc2)C(C2=C3CCCC3=C(c3ccccc3)P2(=O)c2ccccc2)=C2CCCC2=C1C1=C2CCCC2=C(c2ccccc2)P1(=O)c1ccccc1. The molecule has 3 aliphatic heterocycles. The van der Waals surface area contributed by atoms with Gasteiger partial charge in [0.2, 0.25) is 0 Å². The number of hydrogen-bond donors (Lipinski definition) is 0. The van der Waals surface area contributed by atoms with Crippen molar-refractivity contribution in [1.29, 1.82) is 0 Å². The van der Waals surface area contributed by atoms with E-state index in [9.17, 15) is 0 Å². The van der Waals surface area contributed by atoms with Crippen molar-refractivity contribution in [2.24, 2.45) is 0 Å². The van der Waals surface area contributed by atoms with Crippen LogP contribution in [0.25, 0.3) is 10.6 Å². The standard InChI is InChI=1S/C51H43O3P3/c52-55(37-23-10-3-11-24-37)46(35-19-6-1-7-20-35)40-29-16-31-42(40)48(55)50-44-33-18-34-45(44)51(57(50,54)39-27-14-5-15-28-39)49-43-32-17-30-41(43)47(36-21-8-2-9-22-36)56(49,53)38-25-12-4-13-26-38/h1-15,19-28H,16-18,29-34H2. The molecule has 280 valence electrons. The lowest BCUT2D eigenvalue weighted by molar-refractivity contribution is 0.585. The lowest BCUT2D eigenvalue weighted by Crippen LogP contribution is -2.15. The molecule has 2 unspecified atom stereocenters. The quantitative estimate of drug-likeness (QED) is 0.154. The Kier molecular flexibility index (Phi) is 8.32. The maximum absolute atomic E-state index is 17.7. The molecule has 0 N–H and O–H groups in total. The molecule has 3 aliphatic carbocycles. The second kappa shape index (κ2) is 13.4. The molecule has 0 spiro atoms. The zero-order chi connectivity index (χ0) is 38.4. The summed E-state index contributed by atoms with van der Waals surface area (Å²) in [6, 6.07) is 50.6. The Balaban J connectivity index is 1.23. The second-order valence-electron chi connectivity index (χ2n) is 16.1. The Hall–Kier alpha value is -4.77. The summed E-state index contributed by atoms with van der Waals surface area (Å²) < 4.78 is 51.7. The summed E-state index contributed by atoms with van der Waals surface area (Å²) in [5.41, 5.74) is 8.76. The Morgan fingerprint density at radius 2 is 0.474 bits per heavy atom. The van der Waals surface area contributed by atoms with Crippen LogP contribution in [0.5, 0.6) is 0 Å². The third-order valence-corrected chi connectivity index (χ3v) is 23.4. The van der Waals surface area contributed by atoms with Crippen LogP contribution in [0.2, 0.25) is 0 Å². The number of allylic oxidation sites excluding steroid dienone is 10. The van der Waals surface area contributed by atoms with Crippen molar-refractivity contribution >= 4 is 48.0 Å². The van der Waals surface area contributed by atoms with Crippen molar-refractivity contribution in [2.45, 2.75) is 57.8 Å². The Bertz CT molecular complexity index is 2680. The second-order valence-corrected chi connectivity index (χ2v) is 24.0. The van der Waals surface area contributed by atoms with Gasteiger partial charge in [-0.3, -0.25) is 0 Å². The summed E-state index contributed by atoms with van der Waals surface area (Å²) in [4.78, 5) is 0. The highest BCUT2D eigenvalue weighted by Crippen LogP contribution is 2.87. The number of fused-ring (bicyclic) bond motifs is 3. The highest BCUT2D eigenvalue weighted by molar-refractivity contribution is 7.90. The summed E-state index contributed by atoms with van der Waals surface area (Å²) in [5.74, 6) is 0. The maximum Gasteiger partial charge on any atom is 0.173 e. The Morgan fingerprint density at radius 1 is 0.263 bits per heavy atom. The van der Waals surface area contributed by atoms with Crippen LogP contribution in [0.3, 0.4) is 0 Å². The van der Waals surface area contributed by atoms with Gasteiger partial charge in [0, 0.05) is 47.8 Å². The van der Waals surface area contributed by atoms with Gasteiger partial charge in [0.15, 0.2) is 21.4 Å². The normalized spacial score (nSPS) is 26.7. The average molecular weight is 797 g/mol. The third-order valence-electron chi connectivity index (χ3n) is 13.2. The van der Waals surface area contributed by atoms with E-state index in [2.05, 4.69) is 24.3 Å². The van der Waals surface area contributed by atoms with Gasteiger partial charge < -0.3 is 13.7 Å².